The number of alkyl halides is 3. The van der Waals surface area contributed by atoms with Gasteiger partial charge in [0.15, 0.2) is 0 Å². The summed E-state index contributed by atoms with van der Waals surface area (Å²) in [6, 6.07) is 5.17. The van der Waals surface area contributed by atoms with Crippen LogP contribution in [0.25, 0.3) is 0 Å². The topological polar surface area (TPSA) is 56.0 Å². The first-order valence-electron chi connectivity index (χ1n) is 6.46. The van der Waals surface area contributed by atoms with Crippen molar-refractivity contribution in [1.82, 2.24) is 0 Å². The van der Waals surface area contributed by atoms with Gasteiger partial charge in [0.25, 0.3) is 0 Å². The first-order chi connectivity index (χ1) is 9.40. The van der Waals surface area contributed by atoms with E-state index >= 15 is 0 Å². The Labute approximate surface area is 115 Å². The molecule has 0 bridgehead atoms. The molecule has 0 heterocycles. The van der Waals surface area contributed by atoms with Gasteiger partial charge in [0, 0.05) is 11.7 Å². The average molecular weight is 284 g/mol. The SMILES string of the molecule is N#Cc1ccc(NC2CCC(O)CC2)c(C(F)(F)F)c1. The number of anilines is 1. The lowest BCUT2D eigenvalue weighted by atomic mass is 9.92. The minimum absolute atomic E-state index is 0.00195. The number of nitrogens with zero attached hydrogens (tertiary/aromatic N) is 1. The van der Waals surface area contributed by atoms with Gasteiger partial charge in [0.1, 0.15) is 0 Å². The number of hydrogen-bond donors (Lipinski definition) is 2. The van der Waals surface area contributed by atoms with Crippen LogP contribution in [0.5, 0.6) is 0 Å². The highest BCUT2D eigenvalue weighted by atomic mass is 19.4. The molecule has 1 aromatic rings. The standard InChI is InChI=1S/C14H15F3N2O/c15-14(16,17)12-7-9(8-18)1-6-13(12)19-10-2-4-11(20)5-3-10/h1,6-7,10-11,19-20H,2-5H2. The highest BCUT2D eigenvalue weighted by Crippen LogP contribution is 2.36. The van der Waals surface area contributed by atoms with Crippen molar-refractivity contribution in [3.05, 3.63) is 29.3 Å². The predicted octanol–water partition coefficient (Wildman–Crippen LogP) is 3.29. The molecule has 20 heavy (non-hydrogen) atoms. The molecule has 1 saturated carbocycles. The van der Waals surface area contributed by atoms with Gasteiger partial charge in [-0.15, -0.1) is 0 Å². The lowest BCUT2D eigenvalue weighted by molar-refractivity contribution is -0.137. The van der Waals surface area contributed by atoms with Gasteiger partial charge in [-0.25, -0.2) is 0 Å². The molecule has 0 saturated heterocycles. The Balaban J connectivity index is 2.21. The number of rotatable bonds is 2. The molecule has 1 fully saturated rings. The molecule has 0 aromatic heterocycles. The van der Waals surface area contributed by atoms with E-state index in [1.54, 1.807) is 6.07 Å². The average Bonchev–Trinajstić information content (AvgIpc) is 2.40. The second-order valence-corrected chi connectivity index (χ2v) is 5.02. The van der Waals surface area contributed by atoms with Gasteiger partial charge < -0.3 is 10.4 Å². The molecule has 1 aliphatic carbocycles. The summed E-state index contributed by atoms with van der Waals surface area (Å²) in [5.74, 6) is 0. The van der Waals surface area contributed by atoms with Crippen LogP contribution < -0.4 is 5.32 Å². The van der Waals surface area contributed by atoms with E-state index in [2.05, 4.69) is 5.32 Å². The second-order valence-electron chi connectivity index (χ2n) is 5.02. The number of halogens is 3. The van der Waals surface area contributed by atoms with Crippen molar-refractivity contribution in [2.24, 2.45) is 0 Å². The van der Waals surface area contributed by atoms with Crippen molar-refractivity contribution in [3.8, 4) is 6.07 Å². The first-order valence-corrected chi connectivity index (χ1v) is 6.46. The monoisotopic (exact) mass is 284 g/mol. The van der Waals surface area contributed by atoms with E-state index in [-0.39, 0.29) is 23.4 Å². The molecule has 0 aliphatic heterocycles. The van der Waals surface area contributed by atoms with Crippen molar-refractivity contribution in [3.63, 3.8) is 0 Å². The third kappa shape index (κ3) is 3.42. The normalized spacial score (nSPS) is 23.1. The third-order valence-electron chi connectivity index (χ3n) is 3.51. The summed E-state index contributed by atoms with van der Waals surface area (Å²) in [5.41, 5.74) is -0.831. The second kappa shape index (κ2) is 5.71. The molecule has 3 nitrogen and oxygen atoms in total. The summed E-state index contributed by atoms with van der Waals surface area (Å²) in [5, 5.41) is 21.0. The smallest absolute Gasteiger partial charge is 0.393 e. The van der Waals surface area contributed by atoms with Crippen LogP contribution in [0, 0.1) is 11.3 Å². The van der Waals surface area contributed by atoms with E-state index in [1.807, 2.05) is 0 Å². The fraction of sp³-hybridized carbons (Fsp3) is 0.500. The number of aliphatic hydroxyl groups excluding tert-OH is 1. The van der Waals surface area contributed by atoms with E-state index in [0.717, 1.165) is 6.07 Å². The van der Waals surface area contributed by atoms with Gasteiger partial charge in [-0.05, 0) is 43.9 Å². The van der Waals surface area contributed by atoms with Gasteiger partial charge in [-0.1, -0.05) is 0 Å². The minimum Gasteiger partial charge on any atom is -0.393 e. The molecule has 6 heteroatoms. The molecule has 2 rings (SSSR count). The number of aliphatic hydroxyl groups is 1. The number of nitriles is 1. The lowest BCUT2D eigenvalue weighted by Gasteiger charge is -2.28. The minimum atomic E-state index is -4.50. The predicted molar refractivity (Wildman–Crippen MR) is 68.0 cm³/mol. The van der Waals surface area contributed by atoms with Crippen molar-refractivity contribution < 1.29 is 18.3 Å². The summed E-state index contributed by atoms with van der Waals surface area (Å²) in [4.78, 5) is 0. The molecular formula is C14H15F3N2O. The maximum absolute atomic E-state index is 13.0. The molecule has 1 aromatic carbocycles. The van der Waals surface area contributed by atoms with E-state index in [9.17, 15) is 18.3 Å². The van der Waals surface area contributed by atoms with Gasteiger partial charge >= 0.3 is 6.18 Å². The van der Waals surface area contributed by atoms with Gasteiger partial charge in [0.2, 0.25) is 0 Å². The Kier molecular flexibility index (Phi) is 4.19. The van der Waals surface area contributed by atoms with E-state index in [4.69, 9.17) is 5.26 Å². The Morgan fingerprint density at radius 2 is 1.85 bits per heavy atom. The first kappa shape index (κ1) is 14.7. The van der Waals surface area contributed by atoms with Crippen LogP contribution in [0.3, 0.4) is 0 Å². The molecule has 0 unspecified atom stereocenters. The Hall–Kier alpha value is -1.74. The third-order valence-corrected chi connectivity index (χ3v) is 3.51. The molecule has 108 valence electrons. The maximum Gasteiger partial charge on any atom is 0.418 e. The van der Waals surface area contributed by atoms with Crippen LogP contribution in [-0.4, -0.2) is 17.3 Å². The van der Waals surface area contributed by atoms with Gasteiger partial charge in [-0.2, -0.15) is 18.4 Å². The Morgan fingerprint density at radius 3 is 2.40 bits per heavy atom. The summed E-state index contributed by atoms with van der Waals surface area (Å²) in [6.07, 6.45) is -2.39. The zero-order valence-electron chi connectivity index (χ0n) is 10.7. The molecule has 2 N–H and O–H groups in total. The van der Waals surface area contributed by atoms with Crippen LogP contribution in [-0.2, 0) is 6.18 Å². The molecular weight excluding hydrogens is 269 g/mol. The quantitative estimate of drug-likeness (QED) is 0.876. The highest BCUT2D eigenvalue weighted by molar-refractivity contribution is 5.56. The summed E-state index contributed by atoms with van der Waals surface area (Å²) in [6.45, 7) is 0. The largest absolute Gasteiger partial charge is 0.418 e. The van der Waals surface area contributed by atoms with Crippen LogP contribution in [0.2, 0.25) is 0 Å². The van der Waals surface area contributed by atoms with E-state index < -0.39 is 11.7 Å². The van der Waals surface area contributed by atoms with Crippen molar-refractivity contribution in [2.75, 3.05) is 5.32 Å². The van der Waals surface area contributed by atoms with E-state index in [0.29, 0.717) is 25.7 Å². The van der Waals surface area contributed by atoms with Crippen molar-refractivity contribution in [2.45, 2.75) is 44.0 Å². The molecule has 0 radical (unpaired) electrons. The van der Waals surface area contributed by atoms with E-state index in [1.165, 1.54) is 12.1 Å². The molecule has 0 atom stereocenters. The van der Waals surface area contributed by atoms with Crippen molar-refractivity contribution >= 4 is 5.69 Å². The molecule has 0 amide bonds. The number of hydrogen-bond acceptors (Lipinski definition) is 3. The summed E-state index contributed by atoms with van der Waals surface area (Å²) < 4.78 is 39.0. The van der Waals surface area contributed by atoms with Gasteiger partial charge in [0.05, 0.1) is 23.3 Å². The van der Waals surface area contributed by atoms with Crippen LogP contribution in [0.4, 0.5) is 18.9 Å². The zero-order valence-corrected chi connectivity index (χ0v) is 10.7. The Bertz CT molecular complexity index is 514. The van der Waals surface area contributed by atoms with Gasteiger partial charge in [-0.3, -0.25) is 0 Å². The van der Waals surface area contributed by atoms with Crippen molar-refractivity contribution in [1.29, 1.82) is 5.26 Å². The summed E-state index contributed by atoms with van der Waals surface area (Å²) in [7, 11) is 0. The zero-order chi connectivity index (χ0) is 14.8. The van der Waals surface area contributed by atoms with Crippen LogP contribution >= 0.6 is 0 Å². The summed E-state index contributed by atoms with van der Waals surface area (Å²) >= 11 is 0. The lowest BCUT2D eigenvalue weighted by Crippen LogP contribution is -2.29. The number of benzene rings is 1. The molecule has 0 spiro atoms. The highest BCUT2D eigenvalue weighted by Gasteiger charge is 2.34. The maximum atomic E-state index is 13.0. The van der Waals surface area contributed by atoms with Crippen LogP contribution in [0.15, 0.2) is 18.2 Å². The fourth-order valence-electron chi connectivity index (χ4n) is 2.41. The molecule has 1 aliphatic rings. The Morgan fingerprint density at radius 1 is 1.20 bits per heavy atom. The number of nitrogens with one attached hydrogen (secondary N) is 1. The fourth-order valence-corrected chi connectivity index (χ4v) is 2.41. The van der Waals surface area contributed by atoms with Crippen LogP contribution in [0.1, 0.15) is 36.8 Å².